The molecule has 1 N–H and O–H groups in total. The van der Waals surface area contributed by atoms with Gasteiger partial charge in [-0.15, -0.1) is 0 Å². The molecular weight excluding hydrogens is 200 g/mol. The quantitative estimate of drug-likeness (QED) is 0.837. The van der Waals surface area contributed by atoms with Gasteiger partial charge in [-0.25, -0.2) is 4.98 Å². The summed E-state index contributed by atoms with van der Waals surface area (Å²) in [5.74, 6) is 0.827. The smallest absolute Gasteiger partial charge is 0.128 e. The van der Waals surface area contributed by atoms with Crippen molar-refractivity contribution in [1.82, 2.24) is 4.98 Å². The number of pyridine rings is 1. The van der Waals surface area contributed by atoms with Crippen molar-refractivity contribution in [3.63, 3.8) is 0 Å². The van der Waals surface area contributed by atoms with E-state index in [9.17, 15) is 0 Å². The van der Waals surface area contributed by atoms with E-state index >= 15 is 0 Å². The zero-order valence-electron chi connectivity index (χ0n) is 8.66. The highest BCUT2D eigenvalue weighted by Gasteiger charge is 2.08. The third-order valence-corrected chi connectivity index (χ3v) is 2.57. The lowest BCUT2D eigenvalue weighted by Crippen LogP contribution is -2.26. The number of hydrogen-bond donors (Lipinski definition) is 1. The van der Waals surface area contributed by atoms with Gasteiger partial charge in [0.2, 0.25) is 0 Å². The van der Waals surface area contributed by atoms with Gasteiger partial charge in [-0.05, 0) is 19.9 Å². The number of hydrogen-bond acceptors (Lipinski definition) is 3. The molecule has 0 aromatic carbocycles. The fourth-order valence-electron chi connectivity index (χ4n) is 1.05. The molecule has 1 heterocycles. The SMILES string of the molecule is CC(C)N(C)c1cc(CO)c(Cl)cn1. The molecule has 0 atom stereocenters. The second-order valence-electron chi connectivity index (χ2n) is 3.50. The van der Waals surface area contributed by atoms with Crippen molar-refractivity contribution < 1.29 is 5.11 Å². The van der Waals surface area contributed by atoms with Gasteiger partial charge in [-0.3, -0.25) is 0 Å². The first kappa shape index (κ1) is 11.3. The normalized spacial score (nSPS) is 10.7. The van der Waals surface area contributed by atoms with Crippen LogP contribution in [-0.2, 0) is 6.61 Å². The van der Waals surface area contributed by atoms with Crippen LogP contribution in [0.15, 0.2) is 12.3 Å². The maximum absolute atomic E-state index is 9.03. The summed E-state index contributed by atoms with van der Waals surface area (Å²) < 4.78 is 0. The van der Waals surface area contributed by atoms with Crippen molar-refractivity contribution in [3.8, 4) is 0 Å². The molecule has 0 aliphatic carbocycles. The molecule has 0 fully saturated rings. The second kappa shape index (κ2) is 4.62. The van der Waals surface area contributed by atoms with Crippen molar-refractivity contribution in [3.05, 3.63) is 22.8 Å². The Labute approximate surface area is 89.3 Å². The van der Waals surface area contributed by atoms with E-state index in [1.54, 1.807) is 6.20 Å². The van der Waals surface area contributed by atoms with Gasteiger partial charge in [0, 0.05) is 24.8 Å². The number of rotatable bonds is 3. The Morgan fingerprint density at radius 3 is 2.71 bits per heavy atom. The first-order valence-electron chi connectivity index (χ1n) is 4.54. The monoisotopic (exact) mass is 214 g/mol. The van der Waals surface area contributed by atoms with Crippen LogP contribution in [0.5, 0.6) is 0 Å². The number of halogens is 1. The molecule has 0 bridgehead atoms. The maximum atomic E-state index is 9.03. The van der Waals surface area contributed by atoms with E-state index in [1.165, 1.54) is 0 Å². The molecule has 1 aromatic rings. The summed E-state index contributed by atoms with van der Waals surface area (Å²) in [6.07, 6.45) is 1.57. The van der Waals surface area contributed by atoms with Crippen LogP contribution in [0.3, 0.4) is 0 Å². The van der Waals surface area contributed by atoms with Crippen molar-refractivity contribution in [2.75, 3.05) is 11.9 Å². The third kappa shape index (κ3) is 2.36. The van der Waals surface area contributed by atoms with E-state index in [2.05, 4.69) is 18.8 Å². The fraction of sp³-hybridized carbons (Fsp3) is 0.500. The number of aromatic nitrogens is 1. The lowest BCUT2D eigenvalue weighted by Gasteiger charge is -2.23. The van der Waals surface area contributed by atoms with Crippen molar-refractivity contribution in [2.45, 2.75) is 26.5 Å². The standard InChI is InChI=1S/C10H15ClN2O/c1-7(2)13(3)10-4-8(6-14)9(11)5-12-10/h4-5,7,14H,6H2,1-3H3. The highest BCUT2D eigenvalue weighted by Crippen LogP contribution is 2.20. The highest BCUT2D eigenvalue weighted by atomic mass is 35.5. The molecule has 0 amide bonds. The molecule has 1 rings (SSSR count). The maximum Gasteiger partial charge on any atom is 0.128 e. The molecule has 4 heteroatoms. The minimum atomic E-state index is -0.0553. The third-order valence-electron chi connectivity index (χ3n) is 2.23. The molecule has 0 aliphatic heterocycles. The molecule has 0 spiro atoms. The summed E-state index contributed by atoms with van der Waals surface area (Å²) in [4.78, 5) is 6.21. The van der Waals surface area contributed by atoms with Crippen LogP contribution in [0, 0.1) is 0 Å². The first-order chi connectivity index (χ1) is 6.56. The molecule has 78 valence electrons. The van der Waals surface area contributed by atoms with Crippen LogP contribution in [-0.4, -0.2) is 23.2 Å². The summed E-state index contributed by atoms with van der Waals surface area (Å²) in [5.41, 5.74) is 0.712. The Balaban J connectivity index is 3.00. The zero-order valence-corrected chi connectivity index (χ0v) is 9.41. The average molecular weight is 215 g/mol. The highest BCUT2D eigenvalue weighted by molar-refractivity contribution is 6.31. The Bertz CT molecular complexity index is 315. The summed E-state index contributed by atoms with van der Waals surface area (Å²) in [7, 11) is 1.96. The Kier molecular flexibility index (Phi) is 3.72. The van der Waals surface area contributed by atoms with Crippen LogP contribution in [0.25, 0.3) is 0 Å². The predicted molar refractivity (Wildman–Crippen MR) is 58.7 cm³/mol. The fourth-order valence-corrected chi connectivity index (χ4v) is 1.21. The lowest BCUT2D eigenvalue weighted by atomic mass is 10.2. The molecular formula is C10H15ClN2O. The minimum absolute atomic E-state index is 0.0553. The predicted octanol–water partition coefficient (Wildman–Crippen LogP) is 2.07. The van der Waals surface area contributed by atoms with Gasteiger partial charge >= 0.3 is 0 Å². The first-order valence-corrected chi connectivity index (χ1v) is 4.92. The summed E-state index contributed by atoms with van der Waals surface area (Å²) in [6, 6.07) is 2.18. The van der Waals surface area contributed by atoms with Crippen LogP contribution in [0.2, 0.25) is 5.02 Å². The van der Waals surface area contributed by atoms with Gasteiger partial charge in [0.15, 0.2) is 0 Å². The average Bonchev–Trinajstić information content (AvgIpc) is 2.17. The van der Waals surface area contributed by atoms with Gasteiger partial charge in [-0.1, -0.05) is 11.6 Å². The van der Waals surface area contributed by atoms with E-state index in [4.69, 9.17) is 16.7 Å². The van der Waals surface area contributed by atoms with Crippen molar-refractivity contribution in [2.24, 2.45) is 0 Å². The number of aliphatic hydroxyl groups excluding tert-OH is 1. The van der Waals surface area contributed by atoms with Gasteiger partial charge < -0.3 is 10.0 Å². The number of nitrogens with zero attached hydrogens (tertiary/aromatic N) is 2. The molecule has 0 saturated heterocycles. The van der Waals surface area contributed by atoms with Crippen LogP contribution in [0.1, 0.15) is 19.4 Å². The van der Waals surface area contributed by atoms with E-state index in [0.29, 0.717) is 16.6 Å². The van der Waals surface area contributed by atoms with E-state index < -0.39 is 0 Å². The van der Waals surface area contributed by atoms with Crippen molar-refractivity contribution >= 4 is 17.4 Å². The molecule has 0 unspecified atom stereocenters. The Morgan fingerprint density at radius 1 is 1.57 bits per heavy atom. The van der Waals surface area contributed by atoms with Gasteiger partial charge in [-0.2, -0.15) is 0 Å². The summed E-state index contributed by atoms with van der Waals surface area (Å²) in [6.45, 7) is 4.10. The Morgan fingerprint density at radius 2 is 2.21 bits per heavy atom. The van der Waals surface area contributed by atoms with Crippen LogP contribution < -0.4 is 4.90 Å². The molecule has 1 aromatic heterocycles. The molecule has 3 nitrogen and oxygen atoms in total. The zero-order chi connectivity index (χ0) is 10.7. The molecule has 0 radical (unpaired) electrons. The minimum Gasteiger partial charge on any atom is -0.392 e. The molecule has 0 aliphatic rings. The van der Waals surface area contributed by atoms with Crippen LogP contribution >= 0.6 is 11.6 Å². The molecule has 14 heavy (non-hydrogen) atoms. The largest absolute Gasteiger partial charge is 0.392 e. The molecule has 0 saturated carbocycles. The summed E-state index contributed by atoms with van der Waals surface area (Å²) >= 11 is 5.84. The number of anilines is 1. The van der Waals surface area contributed by atoms with E-state index in [1.807, 2.05) is 18.0 Å². The Hall–Kier alpha value is -0.800. The van der Waals surface area contributed by atoms with E-state index in [0.717, 1.165) is 5.82 Å². The second-order valence-corrected chi connectivity index (χ2v) is 3.90. The lowest BCUT2D eigenvalue weighted by molar-refractivity contribution is 0.282. The topological polar surface area (TPSA) is 36.4 Å². The van der Waals surface area contributed by atoms with Crippen molar-refractivity contribution in [1.29, 1.82) is 0 Å². The van der Waals surface area contributed by atoms with Gasteiger partial charge in [0.1, 0.15) is 5.82 Å². The van der Waals surface area contributed by atoms with E-state index in [-0.39, 0.29) is 6.61 Å². The summed E-state index contributed by atoms with van der Waals surface area (Å²) in [5, 5.41) is 9.54. The number of aliphatic hydroxyl groups is 1. The van der Waals surface area contributed by atoms with Gasteiger partial charge in [0.05, 0.1) is 11.6 Å². The van der Waals surface area contributed by atoms with Gasteiger partial charge in [0.25, 0.3) is 0 Å². The van der Waals surface area contributed by atoms with Crippen LogP contribution in [0.4, 0.5) is 5.82 Å².